The van der Waals surface area contributed by atoms with Crippen LogP contribution < -0.4 is 10.6 Å². The second-order valence-electron chi connectivity index (χ2n) is 10.2. The molecule has 1 atom stereocenters. The van der Waals surface area contributed by atoms with Crippen molar-refractivity contribution in [3.8, 4) is 0 Å². The number of rotatable bonds is 5. The summed E-state index contributed by atoms with van der Waals surface area (Å²) >= 11 is 0. The Hall–Kier alpha value is -2.80. The molecule has 2 N–H and O–H groups in total. The van der Waals surface area contributed by atoms with Crippen molar-refractivity contribution in [3.05, 3.63) is 54.1 Å². The van der Waals surface area contributed by atoms with Gasteiger partial charge in [-0.3, -0.25) is 9.78 Å². The minimum Gasteiger partial charge on any atom is -0.342 e. The number of nitrogens with one attached hydrogen (secondary N) is 2. The van der Waals surface area contributed by atoms with E-state index in [9.17, 15) is 4.79 Å². The van der Waals surface area contributed by atoms with E-state index in [2.05, 4.69) is 59.4 Å². The number of anilines is 2. The van der Waals surface area contributed by atoms with Gasteiger partial charge in [-0.15, -0.1) is 0 Å². The third-order valence-electron chi connectivity index (χ3n) is 6.07. The van der Waals surface area contributed by atoms with E-state index >= 15 is 0 Å². The number of hydrogen-bond acceptors (Lipinski definition) is 6. The molecular weight excluding hydrogens is 400 g/mol. The maximum absolute atomic E-state index is 13.1. The van der Waals surface area contributed by atoms with Crippen molar-refractivity contribution in [1.82, 2.24) is 25.2 Å². The summed E-state index contributed by atoms with van der Waals surface area (Å²) < 4.78 is 0. The van der Waals surface area contributed by atoms with Gasteiger partial charge in [0.15, 0.2) is 0 Å². The van der Waals surface area contributed by atoms with Crippen LogP contribution in [-0.4, -0.2) is 49.9 Å². The standard InChI is InChI=1S/C25H34N6O/c1-24(2)14-18(15-25(3,4)30-24)13-22(32)31-12-5-7-19(17-31)21-9-8-20(16-28-21)29-23-26-10-6-11-27-23/h6,8-11,14,16,19,30H,5,7,12-13,15,17H2,1-4H3,(H,26,27,29). The minimum atomic E-state index is -0.0910. The topological polar surface area (TPSA) is 83.0 Å². The van der Waals surface area contributed by atoms with Gasteiger partial charge in [0.25, 0.3) is 0 Å². The quantitative estimate of drug-likeness (QED) is 0.687. The molecule has 4 heterocycles. The Balaban J connectivity index is 1.38. The Bertz CT molecular complexity index is 968. The van der Waals surface area contributed by atoms with Crippen molar-refractivity contribution in [2.24, 2.45) is 0 Å². The van der Waals surface area contributed by atoms with Gasteiger partial charge in [0.05, 0.1) is 11.9 Å². The third kappa shape index (κ3) is 5.71. The number of aromatic nitrogens is 3. The van der Waals surface area contributed by atoms with Gasteiger partial charge < -0.3 is 15.5 Å². The van der Waals surface area contributed by atoms with Crippen LogP contribution in [-0.2, 0) is 4.79 Å². The predicted octanol–water partition coefficient (Wildman–Crippen LogP) is 4.19. The number of amides is 1. The molecule has 1 fully saturated rings. The lowest BCUT2D eigenvalue weighted by atomic mass is 9.82. The van der Waals surface area contributed by atoms with Gasteiger partial charge in [0, 0.05) is 54.6 Å². The average molecular weight is 435 g/mol. The first-order valence-electron chi connectivity index (χ1n) is 11.5. The van der Waals surface area contributed by atoms with Gasteiger partial charge in [0.1, 0.15) is 0 Å². The second-order valence-corrected chi connectivity index (χ2v) is 10.2. The van der Waals surface area contributed by atoms with Crippen LogP contribution in [0.15, 0.2) is 48.4 Å². The van der Waals surface area contributed by atoms with Crippen LogP contribution in [0, 0.1) is 0 Å². The number of carbonyl (C=O) groups excluding carboxylic acids is 1. The zero-order valence-electron chi connectivity index (χ0n) is 19.6. The van der Waals surface area contributed by atoms with Gasteiger partial charge in [-0.2, -0.15) is 0 Å². The molecule has 2 aliphatic rings. The molecule has 0 spiro atoms. The van der Waals surface area contributed by atoms with E-state index in [0.717, 1.165) is 43.7 Å². The fourth-order valence-corrected chi connectivity index (χ4v) is 5.16. The number of carbonyl (C=O) groups is 1. The van der Waals surface area contributed by atoms with Crippen LogP contribution >= 0.6 is 0 Å². The summed E-state index contributed by atoms with van der Waals surface area (Å²) in [6, 6.07) is 5.83. The molecule has 7 nitrogen and oxygen atoms in total. The summed E-state index contributed by atoms with van der Waals surface area (Å²) in [6.45, 7) is 10.3. The Kier molecular flexibility index (Phi) is 6.29. The van der Waals surface area contributed by atoms with Crippen LogP contribution in [0.2, 0.25) is 0 Å². The Morgan fingerprint density at radius 3 is 2.66 bits per heavy atom. The highest BCUT2D eigenvalue weighted by atomic mass is 16.2. The minimum absolute atomic E-state index is 0.00277. The molecule has 2 aromatic heterocycles. The number of likely N-dealkylation sites (tertiary alicyclic amines) is 1. The summed E-state index contributed by atoms with van der Waals surface area (Å²) in [5, 5.41) is 6.80. The molecular formula is C25H34N6O. The first kappa shape index (κ1) is 22.4. The average Bonchev–Trinajstić information content (AvgIpc) is 2.73. The van der Waals surface area contributed by atoms with Gasteiger partial charge >= 0.3 is 0 Å². The molecule has 7 heteroatoms. The SMILES string of the molecule is CC1(C)C=C(CC(=O)N2CCCC(c3ccc(Nc4ncccn4)cn3)C2)CC(C)(C)N1. The second kappa shape index (κ2) is 8.98. The van der Waals surface area contributed by atoms with Crippen molar-refractivity contribution < 1.29 is 4.79 Å². The van der Waals surface area contributed by atoms with Crippen molar-refractivity contribution in [1.29, 1.82) is 0 Å². The van der Waals surface area contributed by atoms with E-state index < -0.39 is 0 Å². The van der Waals surface area contributed by atoms with E-state index in [1.165, 1.54) is 5.57 Å². The van der Waals surface area contributed by atoms with E-state index in [0.29, 0.717) is 12.4 Å². The van der Waals surface area contributed by atoms with E-state index in [1.807, 2.05) is 23.2 Å². The molecule has 2 aromatic rings. The smallest absolute Gasteiger partial charge is 0.227 e. The number of hydrogen-bond donors (Lipinski definition) is 2. The molecule has 0 bridgehead atoms. The molecule has 0 saturated carbocycles. The molecule has 2 aliphatic heterocycles. The molecule has 1 amide bonds. The van der Waals surface area contributed by atoms with E-state index in [1.54, 1.807) is 18.5 Å². The van der Waals surface area contributed by atoms with Gasteiger partial charge in [-0.1, -0.05) is 11.6 Å². The normalized spacial score (nSPS) is 22.2. The Morgan fingerprint density at radius 1 is 1.19 bits per heavy atom. The number of pyridine rings is 1. The van der Waals surface area contributed by atoms with Gasteiger partial charge in [0.2, 0.25) is 11.9 Å². The van der Waals surface area contributed by atoms with Crippen molar-refractivity contribution >= 4 is 17.5 Å². The van der Waals surface area contributed by atoms with Crippen LogP contribution in [0.5, 0.6) is 0 Å². The van der Waals surface area contributed by atoms with Crippen molar-refractivity contribution in [2.75, 3.05) is 18.4 Å². The zero-order valence-corrected chi connectivity index (χ0v) is 19.6. The highest BCUT2D eigenvalue weighted by Crippen LogP contribution is 2.31. The highest BCUT2D eigenvalue weighted by molar-refractivity contribution is 5.79. The lowest BCUT2D eigenvalue weighted by molar-refractivity contribution is -0.131. The third-order valence-corrected chi connectivity index (χ3v) is 6.07. The molecule has 0 radical (unpaired) electrons. The van der Waals surface area contributed by atoms with Crippen molar-refractivity contribution in [2.45, 2.75) is 70.4 Å². The van der Waals surface area contributed by atoms with Crippen LogP contribution in [0.4, 0.5) is 11.6 Å². The zero-order chi connectivity index (χ0) is 22.8. The molecule has 170 valence electrons. The van der Waals surface area contributed by atoms with Crippen LogP contribution in [0.1, 0.15) is 65.0 Å². The first-order chi connectivity index (χ1) is 15.2. The summed E-state index contributed by atoms with van der Waals surface area (Å²) in [5.74, 6) is 1.05. The molecule has 0 aliphatic carbocycles. The van der Waals surface area contributed by atoms with E-state index in [-0.39, 0.29) is 22.9 Å². The van der Waals surface area contributed by atoms with E-state index in [4.69, 9.17) is 0 Å². The van der Waals surface area contributed by atoms with Crippen LogP contribution in [0.3, 0.4) is 0 Å². The van der Waals surface area contributed by atoms with Crippen molar-refractivity contribution in [3.63, 3.8) is 0 Å². The fraction of sp³-hybridized carbons (Fsp3) is 0.520. The number of nitrogens with zero attached hydrogens (tertiary/aromatic N) is 4. The monoisotopic (exact) mass is 434 g/mol. The molecule has 0 aromatic carbocycles. The summed E-state index contributed by atoms with van der Waals surface area (Å²) in [4.78, 5) is 28.2. The lowest BCUT2D eigenvalue weighted by Crippen LogP contribution is -2.54. The fourth-order valence-electron chi connectivity index (χ4n) is 5.16. The Labute approximate surface area is 190 Å². The van der Waals surface area contributed by atoms with Gasteiger partial charge in [-0.05, 0) is 65.2 Å². The number of piperidine rings is 1. The summed E-state index contributed by atoms with van der Waals surface area (Å²) in [6.07, 6.45) is 10.9. The Morgan fingerprint density at radius 2 is 1.97 bits per heavy atom. The maximum Gasteiger partial charge on any atom is 0.227 e. The van der Waals surface area contributed by atoms with Crippen LogP contribution in [0.25, 0.3) is 0 Å². The highest BCUT2D eigenvalue weighted by Gasteiger charge is 2.33. The lowest BCUT2D eigenvalue weighted by Gasteiger charge is -2.41. The molecule has 1 unspecified atom stereocenters. The van der Waals surface area contributed by atoms with Gasteiger partial charge in [-0.25, -0.2) is 9.97 Å². The predicted molar refractivity (Wildman–Crippen MR) is 127 cm³/mol. The molecule has 1 saturated heterocycles. The largest absolute Gasteiger partial charge is 0.342 e. The first-order valence-corrected chi connectivity index (χ1v) is 11.5. The summed E-state index contributed by atoms with van der Waals surface area (Å²) in [7, 11) is 0. The summed E-state index contributed by atoms with van der Waals surface area (Å²) in [5.41, 5.74) is 3.04. The molecule has 4 rings (SSSR count). The molecule has 32 heavy (non-hydrogen) atoms. The maximum atomic E-state index is 13.1.